The number of benzene rings is 5. The summed E-state index contributed by atoms with van der Waals surface area (Å²) in [6.07, 6.45) is 5.58. The minimum atomic E-state index is 0. The first-order chi connectivity index (χ1) is 24.2. The van der Waals surface area contributed by atoms with Crippen molar-refractivity contribution in [3.05, 3.63) is 212 Å². The van der Waals surface area contributed by atoms with E-state index in [9.17, 15) is 0 Å². The number of aromatic nitrogens is 3. The second-order valence-electron chi connectivity index (χ2n) is 11.1. The fourth-order valence-electron chi connectivity index (χ4n) is 5.19. The molecule has 3 nitrogen and oxygen atoms in total. The van der Waals surface area contributed by atoms with Gasteiger partial charge in [0.2, 0.25) is 0 Å². The van der Waals surface area contributed by atoms with E-state index in [0.29, 0.717) is 0 Å². The van der Waals surface area contributed by atoms with E-state index < -0.39 is 0 Å². The van der Waals surface area contributed by atoms with E-state index in [1.807, 2.05) is 146 Å². The molecule has 254 valence electrons. The maximum absolute atomic E-state index is 4.55. The van der Waals surface area contributed by atoms with Crippen LogP contribution in [0.1, 0.15) is 5.56 Å². The Morgan fingerprint density at radius 2 is 0.882 bits per heavy atom. The summed E-state index contributed by atoms with van der Waals surface area (Å²) < 4.78 is 0. The molecular weight excluding hydrogens is 979 g/mol. The summed E-state index contributed by atoms with van der Waals surface area (Å²) in [4.78, 5) is 13.2. The van der Waals surface area contributed by atoms with Crippen molar-refractivity contribution in [1.29, 1.82) is 0 Å². The molecule has 3 aromatic heterocycles. The first-order valence-corrected chi connectivity index (χ1v) is 16.1. The van der Waals surface area contributed by atoms with E-state index in [1.54, 1.807) is 6.20 Å². The van der Waals surface area contributed by atoms with Gasteiger partial charge in [0, 0.05) is 64.4 Å². The van der Waals surface area contributed by atoms with Gasteiger partial charge in [0.15, 0.2) is 0 Å². The average Bonchev–Trinajstić information content (AvgIpc) is 3.20. The maximum Gasteiger partial charge on any atom is 0.0242 e. The molecule has 0 atom stereocenters. The predicted octanol–water partition coefficient (Wildman–Crippen LogP) is 11.3. The van der Waals surface area contributed by atoms with Gasteiger partial charge in [-0.05, 0) is 58.4 Å². The molecule has 0 aliphatic heterocycles. The summed E-state index contributed by atoms with van der Waals surface area (Å²) in [6.45, 7) is 2.12. The van der Waals surface area contributed by atoms with Gasteiger partial charge in [-0.2, -0.15) is 0 Å². The van der Waals surface area contributed by atoms with Crippen LogP contribution in [-0.2, 0) is 40.2 Å². The summed E-state index contributed by atoms with van der Waals surface area (Å²) in [5.74, 6) is 0. The second kappa shape index (κ2) is 20.5. The first kappa shape index (κ1) is 38.6. The zero-order valence-corrected chi connectivity index (χ0v) is 32.7. The van der Waals surface area contributed by atoms with Crippen LogP contribution in [0, 0.1) is 25.1 Å². The molecule has 0 amide bonds. The van der Waals surface area contributed by atoms with Crippen LogP contribution < -0.4 is 0 Å². The standard InChI is InChI=1S/C18H14N.C17H12N.C11H8N.2Ir/c1-14-12-18(16-10-6-3-7-11-16)19-13-17(14)15-8-4-2-5-9-15;1-3-7-14(8-4-1)16-11-12-18-17(13-16)15-9-5-2-6-10-15;1-2-6-10(7-3-1)11-8-4-5-9-12-11;;/h2-10,12-13H,1H3;1-9,11-13H;1-6,8-9H;;/q3*-1;;. The summed E-state index contributed by atoms with van der Waals surface area (Å²) in [7, 11) is 0. The number of pyridine rings is 3. The summed E-state index contributed by atoms with van der Waals surface area (Å²) >= 11 is 0. The molecule has 5 heteroatoms. The van der Waals surface area contributed by atoms with Gasteiger partial charge in [-0.3, -0.25) is 0 Å². The average molecular weight is 1010 g/mol. The van der Waals surface area contributed by atoms with Crippen LogP contribution in [0.25, 0.3) is 56.0 Å². The molecule has 0 unspecified atom stereocenters. The topological polar surface area (TPSA) is 38.7 Å². The minimum absolute atomic E-state index is 0. The van der Waals surface area contributed by atoms with Crippen molar-refractivity contribution in [2.45, 2.75) is 6.92 Å². The Bertz CT molecular complexity index is 2060. The van der Waals surface area contributed by atoms with Crippen molar-refractivity contribution in [2.75, 3.05) is 0 Å². The quantitative estimate of drug-likeness (QED) is 0.161. The smallest absolute Gasteiger partial charge is 0.0242 e. The van der Waals surface area contributed by atoms with E-state index in [2.05, 4.69) is 76.5 Å². The summed E-state index contributed by atoms with van der Waals surface area (Å²) in [5, 5.41) is 0. The number of hydrogen-bond acceptors (Lipinski definition) is 3. The van der Waals surface area contributed by atoms with Crippen LogP contribution in [0.15, 0.2) is 188 Å². The predicted molar refractivity (Wildman–Crippen MR) is 201 cm³/mol. The van der Waals surface area contributed by atoms with Crippen molar-refractivity contribution in [1.82, 2.24) is 15.0 Å². The van der Waals surface area contributed by atoms with Gasteiger partial charge in [0.1, 0.15) is 0 Å². The number of nitrogens with zero attached hydrogens (tertiary/aromatic N) is 3. The van der Waals surface area contributed by atoms with Gasteiger partial charge in [-0.1, -0.05) is 84.9 Å². The molecule has 0 N–H and O–H groups in total. The Balaban J connectivity index is 0.000000172. The van der Waals surface area contributed by atoms with Gasteiger partial charge in [-0.25, -0.2) is 0 Å². The molecule has 3 heterocycles. The summed E-state index contributed by atoms with van der Waals surface area (Å²) in [6, 6.07) is 66.0. The van der Waals surface area contributed by atoms with Gasteiger partial charge in [0.05, 0.1) is 0 Å². The molecule has 0 spiro atoms. The van der Waals surface area contributed by atoms with Crippen LogP contribution in [0.2, 0.25) is 0 Å². The normalized spacial score (nSPS) is 9.75. The van der Waals surface area contributed by atoms with E-state index in [1.165, 1.54) is 27.8 Å². The Hall–Kier alpha value is -5.15. The first-order valence-electron chi connectivity index (χ1n) is 16.1. The van der Waals surface area contributed by atoms with Crippen molar-refractivity contribution < 1.29 is 40.2 Å². The van der Waals surface area contributed by atoms with Gasteiger partial charge in [0.25, 0.3) is 0 Å². The van der Waals surface area contributed by atoms with Crippen LogP contribution >= 0.6 is 0 Å². The number of hydrogen-bond donors (Lipinski definition) is 0. The van der Waals surface area contributed by atoms with Crippen LogP contribution in [0.4, 0.5) is 0 Å². The Morgan fingerprint density at radius 3 is 1.39 bits per heavy atom. The SMILES string of the molecule is Cc1cc(-c2[c-]cccc2)ncc1-c1ccccc1.[Ir].[Ir].[c-]1ccccc1-c1cc(-c2ccccc2)ccn1.[c-]1ccccc1-c1ccccn1. The minimum Gasteiger partial charge on any atom is -0.305 e. The third-order valence-electron chi connectivity index (χ3n) is 7.68. The maximum atomic E-state index is 4.55. The largest absolute Gasteiger partial charge is 0.305 e. The van der Waals surface area contributed by atoms with Crippen LogP contribution in [-0.4, -0.2) is 15.0 Å². The Morgan fingerprint density at radius 1 is 0.392 bits per heavy atom. The van der Waals surface area contributed by atoms with E-state index in [4.69, 9.17) is 0 Å². The molecule has 2 radical (unpaired) electrons. The van der Waals surface area contributed by atoms with E-state index in [-0.39, 0.29) is 40.2 Å². The number of rotatable bonds is 5. The van der Waals surface area contributed by atoms with Crippen molar-refractivity contribution in [3.8, 4) is 56.0 Å². The van der Waals surface area contributed by atoms with Crippen LogP contribution in [0.3, 0.4) is 0 Å². The molecule has 5 aromatic carbocycles. The molecule has 8 rings (SSSR count). The molecule has 0 aliphatic rings. The van der Waals surface area contributed by atoms with Gasteiger partial charge >= 0.3 is 0 Å². The summed E-state index contributed by atoms with van der Waals surface area (Å²) in [5.41, 5.74) is 12.0. The third-order valence-corrected chi connectivity index (χ3v) is 7.68. The fourth-order valence-corrected chi connectivity index (χ4v) is 5.19. The van der Waals surface area contributed by atoms with E-state index >= 15 is 0 Å². The molecule has 0 saturated heterocycles. The van der Waals surface area contributed by atoms with Gasteiger partial charge < -0.3 is 15.0 Å². The third kappa shape index (κ3) is 11.2. The molecule has 8 aromatic rings. The molecule has 0 aliphatic carbocycles. The van der Waals surface area contributed by atoms with E-state index in [0.717, 1.165) is 33.8 Å². The molecular formula is C46H34Ir2N3-3. The van der Waals surface area contributed by atoms with Crippen molar-refractivity contribution in [3.63, 3.8) is 0 Å². The second-order valence-corrected chi connectivity index (χ2v) is 11.1. The van der Waals surface area contributed by atoms with Gasteiger partial charge in [-0.15, -0.1) is 108 Å². The van der Waals surface area contributed by atoms with Crippen molar-refractivity contribution >= 4 is 0 Å². The molecule has 0 fully saturated rings. The molecule has 51 heavy (non-hydrogen) atoms. The Kier molecular flexibility index (Phi) is 15.5. The monoisotopic (exact) mass is 1010 g/mol. The fraction of sp³-hybridized carbons (Fsp3) is 0.0217. The zero-order chi connectivity index (χ0) is 33.5. The molecule has 0 saturated carbocycles. The van der Waals surface area contributed by atoms with Crippen molar-refractivity contribution in [2.24, 2.45) is 0 Å². The molecule has 0 bridgehead atoms. The van der Waals surface area contributed by atoms with Crippen LogP contribution in [0.5, 0.6) is 0 Å². The zero-order valence-electron chi connectivity index (χ0n) is 27.9. The number of aryl methyl sites for hydroxylation is 1. The Labute approximate surface area is 328 Å².